The molecule has 38 heavy (non-hydrogen) atoms. The number of carboxylic acids is 1. The van der Waals surface area contributed by atoms with Gasteiger partial charge < -0.3 is 15.0 Å². The van der Waals surface area contributed by atoms with E-state index in [9.17, 15) is 14.7 Å². The van der Waals surface area contributed by atoms with E-state index < -0.39 is 5.97 Å². The van der Waals surface area contributed by atoms with E-state index in [0.29, 0.717) is 24.4 Å². The van der Waals surface area contributed by atoms with Crippen molar-refractivity contribution in [3.63, 3.8) is 0 Å². The summed E-state index contributed by atoms with van der Waals surface area (Å²) in [6, 6.07) is 19.0. The summed E-state index contributed by atoms with van der Waals surface area (Å²) in [4.78, 5) is 29.4. The van der Waals surface area contributed by atoms with Gasteiger partial charge in [0.05, 0.1) is 21.8 Å². The Morgan fingerprint density at radius 2 is 1.79 bits per heavy atom. The van der Waals surface area contributed by atoms with Crippen LogP contribution in [0.25, 0.3) is 22.2 Å². The molecule has 198 valence electrons. The van der Waals surface area contributed by atoms with Crippen molar-refractivity contribution in [3.8, 4) is 11.1 Å². The number of carbonyl (C=O) groups excluding carboxylic acids is 1. The lowest BCUT2D eigenvalue weighted by Crippen LogP contribution is -2.24. The van der Waals surface area contributed by atoms with Crippen molar-refractivity contribution in [2.24, 2.45) is 5.92 Å². The molecule has 0 aliphatic carbocycles. The smallest absolute Gasteiger partial charge is 0.336 e. The number of aromatic carboxylic acids is 1. The van der Waals surface area contributed by atoms with E-state index in [-0.39, 0.29) is 16.7 Å². The number of carboxylic acid groups (broad SMARTS) is 1. The highest BCUT2D eigenvalue weighted by atomic mass is 32.1. The van der Waals surface area contributed by atoms with Crippen molar-refractivity contribution in [3.05, 3.63) is 83.2 Å². The third kappa shape index (κ3) is 6.10. The Hall–Kier alpha value is -3.58. The largest absolute Gasteiger partial charge is 0.478 e. The Kier molecular flexibility index (Phi) is 8.57. The number of nitrogens with zero attached hydrogens (tertiary/aromatic N) is 2. The number of carbonyl (C=O) groups is 2. The molecule has 7 heteroatoms. The summed E-state index contributed by atoms with van der Waals surface area (Å²) < 4.78 is 2.22. The second kappa shape index (κ2) is 11.9. The first-order valence-corrected chi connectivity index (χ1v) is 13.6. The first kappa shape index (κ1) is 27.5. The van der Waals surface area contributed by atoms with Crippen LogP contribution in [0.15, 0.2) is 60.7 Å². The molecule has 0 saturated heterocycles. The van der Waals surface area contributed by atoms with Gasteiger partial charge in [0.1, 0.15) is 5.82 Å². The van der Waals surface area contributed by atoms with E-state index in [2.05, 4.69) is 43.3 Å². The van der Waals surface area contributed by atoms with Gasteiger partial charge >= 0.3 is 5.97 Å². The number of aromatic nitrogens is 2. The molecule has 1 atom stereocenters. The van der Waals surface area contributed by atoms with Gasteiger partial charge in [0, 0.05) is 18.7 Å². The van der Waals surface area contributed by atoms with Gasteiger partial charge in [0.15, 0.2) is 0 Å². The molecule has 0 saturated carbocycles. The minimum atomic E-state index is -0.939. The van der Waals surface area contributed by atoms with Gasteiger partial charge in [0.25, 0.3) is 0 Å². The predicted molar refractivity (Wildman–Crippen MR) is 157 cm³/mol. The molecule has 0 aliphatic rings. The van der Waals surface area contributed by atoms with E-state index in [4.69, 9.17) is 4.98 Å². The van der Waals surface area contributed by atoms with Crippen molar-refractivity contribution in [1.82, 2.24) is 9.55 Å². The standard InChI is InChI=1S/C31H35N3O3S/c1-5-8-28-33-29-20(4)16-23(32-30(35)27(38)15-19(2)3)17-26(29)34(28)18-21-11-13-22(14-12-21)24-9-6-7-10-25(24)31(36)37/h6-7,9-14,16-17,19,27,38H,5,8,15,18H2,1-4H3,(H,32,35)(H,36,37)/t27-/m0/s1. The molecule has 4 rings (SSSR count). The molecule has 6 nitrogen and oxygen atoms in total. The molecule has 1 aromatic heterocycles. The van der Waals surface area contributed by atoms with E-state index >= 15 is 0 Å². The molecule has 0 fully saturated rings. The SMILES string of the molecule is CCCc1nc2c(C)cc(NC(=O)[C@@H](S)CC(C)C)cc2n1Cc1ccc(-c2ccccc2C(=O)O)cc1. The Balaban J connectivity index is 1.67. The van der Waals surface area contributed by atoms with Crippen LogP contribution in [0, 0.1) is 12.8 Å². The lowest BCUT2D eigenvalue weighted by molar-refractivity contribution is -0.115. The van der Waals surface area contributed by atoms with Crippen LogP contribution in [0.4, 0.5) is 5.69 Å². The van der Waals surface area contributed by atoms with Crippen molar-refractivity contribution < 1.29 is 14.7 Å². The summed E-state index contributed by atoms with van der Waals surface area (Å²) in [5.74, 6) is 0.346. The fourth-order valence-electron chi connectivity index (χ4n) is 4.78. The molecule has 2 N–H and O–H groups in total. The third-order valence-corrected chi connectivity index (χ3v) is 7.07. The molecule has 0 aliphatic heterocycles. The maximum absolute atomic E-state index is 12.7. The first-order chi connectivity index (χ1) is 18.2. The fraction of sp³-hybridized carbons (Fsp3) is 0.323. The van der Waals surface area contributed by atoms with E-state index in [0.717, 1.165) is 52.1 Å². The number of rotatable bonds is 10. The molecular weight excluding hydrogens is 494 g/mol. The maximum atomic E-state index is 12.7. The molecule has 4 aromatic rings. The highest BCUT2D eigenvalue weighted by Crippen LogP contribution is 2.28. The quantitative estimate of drug-likeness (QED) is 0.193. The second-order valence-electron chi connectivity index (χ2n) is 10.2. The average Bonchev–Trinajstić information content (AvgIpc) is 3.21. The summed E-state index contributed by atoms with van der Waals surface area (Å²) >= 11 is 4.50. The zero-order chi connectivity index (χ0) is 27.4. The topological polar surface area (TPSA) is 84.2 Å². The fourth-order valence-corrected chi connectivity index (χ4v) is 5.26. The van der Waals surface area contributed by atoms with Crippen LogP contribution in [-0.4, -0.2) is 31.8 Å². The van der Waals surface area contributed by atoms with E-state index in [1.165, 1.54) is 0 Å². The molecule has 3 aromatic carbocycles. The molecule has 0 unspecified atom stereocenters. The normalized spacial score (nSPS) is 12.2. The summed E-state index contributed by atoms with van der Waals surface area (Å²) in [5, 5.41) is 12.2. The summed E-state index contributed by atoms with van der Waals surface area (Å²) in [5.41, 5.74) is 6.58. The van der Waals surface area contributed by atoms with Crippen LogP contribution < -0.4 is 5.32 Å². The summed E-state index contributed by atoms with van der Waals surface area (Å²) in [6.07, 6.45) is 2.52. The number of nitrogens with one attached hydrogen (secondary N) is 1. The van der Waals surface area contributed by atoms with Crippen LogP contribution >= 0.6 is 12.6 Å². The number of benzene rings is 3. The maximum Gasteiger partial charge on any atom is 0.336 e. The van der Waals surface area contributed by atoms with Gasteiger partial charge in [-0.15, -0.1) is 0 Å². The zero-order valence-corrected chi connectivity index (χ0v) is 23.3. The van der Waals surface area contributed by atoms with Gasteiger partial charge in [0.2, 0.25) is 5.91 Å². The van der Waals surface area contributed by atoms with Crippen molar-refractivity contribution in [2.45, 2.75) is 58.8 Å². The summed E-state index contributed by atoms with van der Waals surface area (Å²) in [6.45, 7) is 8.94. The number of fused-ring (bicyclic) bond motifs is 1. The molecular formula is C31H35N3O3S. The molecule has 1 heterocycles. The Morgan fingerprint density at radius 1 is 1.08 bits per heavy atom. The molecule has 0 spiro atoms. The van der Waals surface area contributed by atoms with E-state index in [1.807, 2.05) is 55.5 Å². The lowest BCUT2D eigenvalue weighted by Gasteiger charge is -2.15. The van der Waals surface area contributed by atoms with E-state index in [1.54, 1.807) is 12.1 Å². The molecule has 1 amide bonds. The molecule has 0 radical (unpaired) electrons. The zero-order valence-electron chi connectivity index (χ0n) is 22.4. The number of hydrogen-bond donors (Lipinski definition) is 3. The average molecular weight is 530 g/mol. The molecule has 0 bridgehead atoms. The number of amides is 1. The van der Waals surface area contributed by atoms with Crippen molar-refractivity contribution in [2.75, 3.05) is 5.32 Å². The van der Waals surface area contributed by atoms with Gasteiger partial charge in [-0.2, -0.15) is 12.6 Å². The van der Waals surface area contributed by atoms with Crippen LogP contribution in [-0.2, 0) is 17.8 Å². The van der Waals surface area contributed by atoms with Crippen molar-refractivity contribution >= 4 is 41.2 Å². The predicted octanol–water partition coefficient (Wildman–Crippen LogP) is 6.99. The second-order valence-corrected chi connectivity index (χ2v) is 10.8. The van der Waals surface area contributed by atoms with Crippen LogP contribution in [0.1, 0.15) is 60.9 Å². The Bertz CT molecular complexity index is 1460. The third-order valence-electron chi connectivity index (χ3n) is 6.63. The minimum absolute atomic E-state index is 0.0992. The Labute approximate surface area is 229 Å². The van der Waals surface area contributed by atoms with Crippen molar-refractivity contribution in [1.29, 1.82) is 0 Å². The highest BCUT2D eigenvalue weighted by Gasteiger charge is 2.18. The summed E-state index contributed by atoms with van der Waals surface area (Å²) in [7, 11) is 0. The number of thiol groups is 1. The first-order valence-electron chi connectivity index (χ1n) is 13.1. The minimum Gasteiger partial charge on any atom is -0.478 e. The Morgan fingerprint density at radius 3 is 2.45 bits per heavy atom. The highest BCUT2D eigenvalue weighted by molar-refractivity contribution is 7.81. The van der Waals surface area contributed by atoms with Crippen LogP contribution in [0.5, 0.6) is 0 Å². The van der Waals surface area contributed by atoms with Gasteiger partial charge in [-0.05, 0) is 66.1 Å². The monoisotopic (exact) mass is 529 g/mol. The van der Waals surface area contributed by atoms with Gasteiger partial charge in [-0.25, -0.2) is 9.78 Å². The van der Waals surface area contributed by atoms with Gasteiger partial charge in [-0.1, -0.05) is 63.2 Å². The van der Waals surface area contributed by atoms with Crippen LogP contribution in [0.2, 0.25) is 0 Å². The van der Waals surface area contributed by atoms with Crippen LogP contribution in [0.3, 0.4) is 0 Å². The van der Waals surface area contributed by atoms with Gasteiger partial charge in [-0.3, -0.25) is 4.79 Å². The number of hydrogen-bond acceptors (Lipinski definition) is 4. The number of imidazole rings is 1. The number of aryl methyl sites for hydroxylation is 2. The lowest BCUT2D eigenvalue weighted by atomic mass is 9.99. The number of anilines is 1.